The Kier molecular flexibility index (Phi) is 3.99. The minimum atomic E-state index is -3.49. The van der Waals surface area contributed by atoms with Crippen LogP contribution in [0.1, 0.15) is 5.76 Å². The van der Waals surface area contributed by atoms with Crippen LogP contribution in [0, 0.1) is 10.1 Å². The molecule has 0 aliphatic rings. The van der Waals surface area contributed by atoms with Gasteiger partial charge in [0.05, 0.1) is 22.6 Å². The molecule has 0 amide bonds. The summed E-state index contributed by atoms with van der Waals surface area (Å²) < 4.78 is 28.2. The fourth-order valence-electron chi connectivity index (χ4n) is 1.92. The molecule has 0 fully saturated rings. The van der Waals surface area contributed by atoms with Crippen LogP contribution < -0.4 is 4.90 Å². The van der Waals surface area contributed by atoms with Crippen LogP contribution in [0.5, 0.6) is 0 Å². The molecular weight excluding hydrogens is 296 g/mol. The Morgan fingerprint density at radius 1 is 1.33 bits per heavy atom. The number of nitro benzene ring substituents is 1. The van der Waals surface area contributed by atoms with E-state index in [1.807, 2.05) is 0 Å². The highest BCUT2D eigenvalue weighted by Gasteiger charge is 2.21. The molecule has 0 unspecified atom stereocenters. The molecule has 0 saturated carbocycles. The van der Waals surface area contributed by atoms with Crippen LogP contribution in [0.3, 0.4) is 0 Å². The van der Waals surface area contributed by atoms with Crippen molar-refractivity contribution >= 4 is 21.2 Å². The molecule has 2 aromatic rings. The predicted octanol–water partition coefficient (Wildman–Crippen LogP) is 2.23. The summed E-state index contributed by atoms with van der Waals surface area (Å²) in [6.45, 7) is 0.339. The first-order valence-corrected chi connectivity index (χ1v) is 7.90. The zero-order valence-corrected chi connectivity index (χ0v) is 12.3. The molecule has 0 N–H and O–H groups in total. The van der Waals surface area contributed by atoms with Gasteiger partial charge < -0.3 is 9.32 Å². The number of rotatable bonds is 5. The van der Waals surface area contributed by atoms with Gasteiger partial charge in [0.15, 0.2) is 9.84 Å². The highest BCUT2D eigenvalue weighted by molar-refractivity contribution is 7.90. The third kappa shape index (κ3) is 3.40. The topological polar surface area (TPSA) is 93.7 Å². The third-order valence-corrected chi connectivity index (χ3v) is 4.07. The maximum Gasteiger partial charge on any atom is 0.293 e. The van der Waals surface area contributed by atoms with Crippen LogP contribution >= 0.6 is 0 Å². The molecule has 0 radical (unpaired) electrons. The molecule has 0 bridgehead atoms. The van der Waals surface area contributed by atoms with Gasteiger partial charge in [-0.15, -0.1) is 0 Å². The molecular formula is C13H14N2O5S. The molecule has 1 heterocycles. The molecule has 0 aliphatic heterocycles. The Morgan fingerprint density at radius 2 is 2.05 bits per heavy atom. The van der Waals surface area contributed by atoms with E-state index in [-0.39, 0.29) is 10.6 Å². The van der Waals surface area contributed by atoms with E-state index in [1.165, 1.54) is 18.4 Å². The van der Waals surface area contributed by atoms with Crippen LogP contribution in [-0.4, -0.2) is 26.6 Å². The van der Waals surface area contributed by atoms with E-state index >= 15 is 0 Å². The molecule has 0 spiro atoms. The summed E-state index contributed by atoms with van der Waals surface area (Å²) in [7, 11) is -1.82. The maximum absolute atomic E-state index is 11.5. The Morgan fingerprint density at radius 3 is 2.57 bits per heavy atom. The van der Waals surface area contributed by atoms with Crippen molar-refractivity contribution < 1.29 is 17.8 Å². The summed E-state index contributed by atoms with van der Waals surface area (Å²) in [6.07, 6.45) is 2.53. The van der Waals surface area contributed by atoms with Crippen LogP contribution in [0.25, 0.3) is 0 Å². The zero-order chi connectivity index (χ0) is 15.6. The lowest BCUT2D eigenvalue weighted by Gasteiger charge is -2.18. The van der Waals surface area contributed by atoms with Crippen LogP contribution in [0.15, 0.2) is 45.9 Å². The van der Waals surface area contributed by atoms with E-state index in [0.29, 0.717) is 18.0 Å². The Balaban J connectivity index is 2.41. The number of hydrogen-bond acceptors (Lipinski definition) is 6. The van der Waals surface area contributed by atoms with Gasteiger partial charge in [-0.25, -0.2) is 8.42 Å². The van der Waals surface area contributed by atoms with Crippen LogP contribution in [-0.2, 0) is 16.4 Å². The summed E-state index contributed by atoms with van der Waals surface area (Å²) in [5.74, 6) is 0.652. The largest absolute Gasteiger partial charge is 0.467 e. The number of nitro groups is 1. The first-order chi connectivity index (χ1) is 9.79. The van der Waals surface area contributed by atoms with E-state index in [9.17, 15) is 18.5 Å². The zero-order valence-electron chi connectivity index (χ0n) is 11.5. The Hall–Kier alpha value is -2.35. The van der Waals surface area contributed by atoms with Crippen LogP contribution in [0.4, 0.5) is 11.4 Å². The van der Waals surface area contributed by atoms with Gasteiger partial charge in [-0.3, -0.25) is 10.1 Å². The van der Waals surface area contributed by atoms with Gasteiger partial charge in [0.1, 0.15) is 11.4 Å². The molecule has 0 aliphatic carbocycles. The summed E-state index contributed by atoms with van der Waals surface area (Å²) >= 11 is 0. The van der Waals surface area contributed by atoms with Crippen molar-refractivity contribution in [1.29, 1.82) is 0 Å². The molecule has 8 heteroatoms. The fraction of sp³-hybridized carbons (Fsp3) is 0.231. The van der Waals surface area contributed by atoms with Crippen molar-refractivity contribution in [3.63, 3.8) is 0 Å². The lowest BCUT2D eigenvalue weighted by Crippen LogP contribution is -2.17. The van der Waals surface area contributed by atoms with E-state index in [2.05, 4.69) is 0 Å². The predicted molar refractivity (Wildman–Crippen MR) is 77.0 cm³/mol. The first kappa shape index (κ1) is 15.0. The highest BCUT2D eigenvalue weighted by Crippen LogP contribution is 2.31. The first-order valence-electron chi connectivity index (χ1n) is 6.01. The fourth-order valence-corrected chi connectivity index (χ4v) is 2.57. The summed E-state index contributed by atoms with van der Waals surface area (Å²) in [6, 6.07) is 7.34. The molecule has 1 aromatic carbocycles. The molecule has 7 nitrogen and oxygen atoms in total. The summed E-state index contributed by atoms with van der Waals surface area (Å²) in [5, 5.41) is 11.2. The van der Waals surface area contributed by atoms with Crippen molar-refractivity contribution in [1.82, 2.24) is 0 Å². The van der Waals surface area contributed by atoms with Crippen LogP contribution in [0.2, 0.25) is 0 Å². The molecule has 0 atom stereocenters. The monoisotopic (exact) mass is 310 g/mol. The second-order valence-electron chi connectivity index (χ2n) is 4.62. The molecule has 2 rings (SSSR count). The number of anilines is 1. The minimum Gasteiger partial charge on any atom is -0.467 e. The Labute approximate surface area is 121 Å². The van der Waals surface area contributed by atoms with Gasteiger partial charge in [0, 0.05) is 19.4 Å². The van der Waals surface area contributed by atoms with E-state index < -0.39 is 14.8 Å². The number of hydrogen-bond donors (Lipinski definition) is 0. The minimum absolute atomic E-state index is 0.0793. The molecule has 21 heavy (non-hydrogen) atoms. The smallest absolute Gasteiger partial charge is 0.293 e. The molecule has 0 saturated heterocycles. The van der Waals surface area contributed by atoms with Crippen molar-refractivity contribution in [2.75, 3.05) is 18.2 Å². The summed E-state index contributed by atoms with van der Waals surface area (Å²) in [4.78, 5) is 12.1. The lowest BCUT2D eigenvalue weighted by molar-refractivity contribution is -0.384. The third-order valence-electron chi connectivity index (χ3n) is 2.96. The van der Waals surface area contributed by atoms with Crippen molar-refractivity contribution in [2.45, 2.75) is 11.4 Å². The standard InChI is InChI=1S/C13H14N2O5S/c1-14(9-10-4-3-7-20-10)12-6-5-11(21(2,18)19)8-13(12)15(16)17/h3-8H,9H2,1-2H3. The quantitative estimate of drug-likeness (QED) is 0.621. The van der Waals surface area contributed by atoms with Gasteiger partial charge in [-0.05, 0) is 24.3 Å². The highest BCUT2D eigenvalue weighted by atomic mass is 32.2. The average molecular weight is 310 g/mol. The number of furan rings is 1. The van der Waals surface area contributed by atoms with E-state index in [1.54, 1.807) is 24.1 Å². The second kappa shape index (κ2) is 5.57. The van der Waals surface area contributed by atoms with Gasteiger partial charge in [-0.1, -0.05) is 0 Å². The summed E-state index contributed by atoms with van der Waals surface area (Å²) in [5.41, 5.74) is 0.0655. The number of sulfone groups is 1. The van der Waals surface area contributed by atoms with Gasteiger partial charge in [0.25, 0.3) is 5.69 Å². The SMILES string of the molecule is CN(Cc1ccco1)c1ccc(S(C)(=O)=O)cc1[N+](=O)[O-]. The molecule has 112 valence electrons. The van der Waals surface area contributed by atoms with Crippen molar-refractivity contribution in [2.24, 2.45) is 0 Å². The van der Waals surface area contributed by atoms with E-state index in [4.69, 9.17) is 4.42 Å². The number of benzene rings is 1. The average Bonchev–Trinajstić information content (AvgIpc) is 2.89. The lowest BCUT2D eigenvalue weighted by atomic mass is 10.2. The second-order valence-corrected chi connectivity index (χ2v) is 6.63. The van der Waals surface area contributed by atoms with Crippen molar-refractivity contribution in [3.05, 3.63) is 52.5 Å². The van der Waals surface area contributed by atoms with Gasteiger partial charge >= 0.3 is 0 Å². The van der Waals surface area contributed by atoms with Crippen molar-refractivity contribution in [3.8, 4) is 0 Å². The van der Waals surface area contributed by atoms with E-state index in [0.717, 1.165) is 12.3 Å². The molecule has 1 aromatic heterocycles. The van der Waals surface area contributed by atoms with Gasteiger partial charge in [0.2, 0.25) is 0 Å². The normalized spacial score (nSPS) is 11.3. The Bertz CT molecular complexity index is 753. The maximum atomic E-state index is 11.5. The number of nitrogens with zero attached hydrogens (tertiary/aromatic N) is 2. The van der Waals surface area contributed by atoms with Gasteiger partial charge in [-0.2, -0.15) is 0 Å².